The fourth-order valence-corrected chi connectivity index (χ4v) is 3.16. The van der Waals surface area contributed by atoms with E-state index in [-0.39, 0.29) is 31.1 Å². The highest BCUT2D eigenvalue weighted by atomic mass is 127. The Hall–Kier alpha value is -1.10. The van der Waals surface area contributed by atoms with Crippen molar-refractivity contribution in [2.45, 2.75) is 31.5 Å². The molecule has 0 saturated heterocycles. The van der Waals surface area contributed by atoms with Gasteiger partial charge in [0.25, 0.3) is 0 Å². The zero-order chi connectivity index (χ0) is 22.7. The number of benzene rings is 2. The Labute approximate surface area is 203 Å². The molecule has 0 aliphatic carbocycles. The lowest BCUT2D eigenvalue weighted by molar-refractivity contribution is 0.00681. The molecule has 2 N–H and O–H groups in total. The number of aliphatic hydroxyl groups is 2. The largest absolute Gasteiger partial charge is 0.491 e. The second-order valence-corrected chi connectivity index (χ2v) is 8.58. The number of hydrogen-bond acceptors (Lipinski definition) is 6. The van der Waals surface area contributed by atoms with Crippen molar-refractivity contribution in [1.29, 1.82) is 0 Å². The van der Waals surface area contributed by atoms with Gasteiger partial charge in [-0.15, -0.1) is 11.6 Å². The van der Waals surface area contributed by atoms with E-state index in [0.717, 1.165) is 11.1 Å². The van der Waals surface area contributed by atoms with Crippen molar-refractivity contribution in [2.24, 2.45) is 0 Å². The van der Waals surface area contributed by atoms with E-state index in [9.17, 15) is 10.2 Å². The van der Waals surface area contributed by atoms with Crippen LogP contribution in [0.15, 0.2) is 48.5 Å². The van der Waals surface area contributed by atoms with Crippen LogP contribution in [0.25, 0.3) is 0 Å². The molecule has 0 spiro atoms. The lowest BCUT2D eigenvalue weighted by Gasteiger charge is -2.26. The van der Waals surface area contributed by atoms with E-state index >= 15 is 0 Å². The Morgan fingerprint density at radius 2 is 1.29 bits per heavy atom. The number of rotatable bonds is 14. The van der Waals surface area contributed by atoms with E-state index in [1.165, 1.54) is 0 Å². The van der Waals surface area contributed by atoms with Crippen molar-refractivity contribution < 1.29 is 27.5 Å². The minimum absolute atomic E-state index is 0.145. The molecule has 2 rings (SSSR count). The summed E-state index contributed by atoms with van der Waals surface area (Å²) in [6.45, 7) is 5.75. The summed E-state index contributed by atoms with van der Waals surface area (Å²) >= 11 is 7.39. The van der Waals surface area contributed by atoms with Gasteiger partial charge >= 0.3 is 0 Å². The van der Waals surface area contributed by atoms with Crippen molar-refractivity contribution in [3.8, 4) is 11.5 Å². The van der Waals surface area contributed by atoms with Crippen LogP contribution in [0.3, 0.4) is 0 Å². The fourth-order valence-electron chi connectivity index (χ4n) is 2.89. The van der Waals surface area contributed by atoms with E-state index < -0.39 is 12.2 Å². The quantitative estimate of drug-likeness (QED) is 0.204. The van der Waals surface area contributed by atoms with Crippen molar-refractivity contribution in [3.05, 3.63) is 59.7 Å². The highest BCUT2D eigenvalue weighted by Crippen LogP contribution is 2.33. The highest BCUT2D eigenvalue weighted by molar-refractivity contribution is 14.1. The van der Waals surface area contributed by atoms with Crippen LogP contribution < -0.4 is 9.47 Å². The number of aliphatic hydroxyl groups excluding tert-OH is 2. The van der Waals surface area contributed by atoms with Crippen molar-refractivity contribution in [3.63, 3.8) is 0 Å². The van der Waals surface area contributed by atoms with Gasteiger partial charge in [-0.3, -0.25) is 0 Å². The fraction of sp³-hybridized carbons (Fsp3) is 0.478. The summed E-state index contributed by atoms with van der Waals surface area (Å²) in [6.07, 6.45) is -1.38. The molecule has 0 bridgehead atoms. The number of halogens is 2. The van der Waals surface area contributed by atoms with Gasteiger partial charge in [0.05, 0.1) is 25.7 Å². The maximum atomic E-state index is 9.92. The first-order chi connectivity index (χ1) is 14.9. The van der Waals surface area contributed by atoms with E-state index in [1.807, 2.05) is 48.5 Å². The Kier molecular flexibility index (Phi) is 11.3. The Balaban J connectivity index is 1.90. The van der Waals surface area contributed by atoms with Gasteiger partial charge in [-0.25, -0.2) is 0 Å². The predicted molar refractivity (Wildman–Crippen MR) is 130 cm³/mol. The zero-order valence-corrected chi connectivity index (χ0v) is 20.7. The van der Waals surface area contributed by atoms with Gasteiger partial charge in [0.1, 0.15) is 59.9 Å². The second-order valence-electron chi connectivity index (χ2n) is 7.65. The van der Waals surface area contributed by atoms with Crippen LogP contribution in [-0.4, -0.2) is 61.3 Å². The Bertz CT molecular complexity index is 754. The SMILES string of the molecule is CC(C)(c1ccc(OC[C@H](O)CCl)cc1)c1ccc(OC[C@H](O)COCCOI)cc1. The monoisotopic (exact) mass is 564 g/mol. The van der Waals surface area contributed by atoms with Crippen LogP contribution in [-0.2, 0) is 13.2 Å². The third-order valence-corrected chi connectivity index (χ3v) is 5.63. The first kappa shape index (κ1) is 26.2. The van der Waals surface area contributed by atoms with E-state index in [4.69, 9.17) is 28.9 Å². The van der Waals surface area contributed by atoms with E-state index in [2.05, 4.69) is 13.8 Å². The van der Waals surface area contributed by atoms with Crippen molar-refractivity contribution in [1.82, 2.24) is 0 Å². The molecular weight excluding hydrogens is 535 g/mol. The molecule has 2 aromatic rings. The zero-order valence-electron chi connectivity index (χ0n) is 17.8. The smallest absolute Gasteiger partial charge is 0.119 e. The summed E-state index contributed by atoms with van der Waals surface area (Å²) in [6, 6.07) is 15.7. The van der Waals surface area contributed by atoms with Gasteiger partial charge in [0.15, 0.2) is 0 Å². The second kappa shape index (κ2) is 13.4. The maximum Gasteiger partial charge on any atom is 0.119 e. The van der Waals surface area contributed by atoms with Crippen LogP contribution in [0.5, 0.6) is 11.5 Å². The molecule has 172 valence electrons. The summed E-state index contributed by atoms with van der Waals surface area (Å²) in [5.74, 6) is 1.53. The maximum absolute atomic E-state index is 9.92. The molecule has 0 saturated carbocycles. The molecule has 6 nitrogen and oxygen atoms in total. The molecule has 0 aromatic heterocycles. The van der Waals surface area contributed by atoms with Crippen LogP contribution in [0.4, 0.5) is 0 Å². The van der Waals surface area contributed by atoms with E-state index in [0.29, 0.717) is 24.7 Å². The normalized spacial score (nSPS) is 13.6. The van der Waals surface area contributed by atoms with Gasteiger partial charge in [-0.1, -0.05) is 38.1 Å². The predicted octanol–water partition coefficient (Wildman–Crippen LogP) is 4.11. The van der Waals surface area contributed by atoms with E-state index in [1.54, 1.807) is 23.0 Å². The average Bonchev–Trinajstić information content (AvgIpc) is 2.79. The van der Waals surface area contributed by atoms with Gasteiger partial charge in [0.2, 0.25) is 0 Å². The van der Waals surface area contributed by atoms with Crippen LogP contribution in [0.1, 0.15) is 25.0 Å². The summed E-state index contributed by atoms with van der Waals surface area (Å²) < 4.78 is 21.4. The van der Waals surface area contributed by atoms with Crippen LogP contribution in [0, 0.1) is 0 Å². The minimum Gasteiger partial charge on any atom is -0.491 e. The average molecular weight is 565 g/mol. The Morgan fingerprint density at radius 3 is 1.74 bits per heavy atom. The molecule has 8 heteroatoms. The van der Waals surface area contributed by atoms with Crippen LogP contribution in [0.2, 0.25) is 0 Å². The summed E-state index contributed by atoms with van der Waals surface area (Å²) in [5, 5.41) is 19.4. The van der Waals surface area contributed by atoms with Crippen LogP contribution >= 0.6 is 34.6 Å². The molecule has 0 radical (unpaired) electrons. The van der Waals surface area contributed by atoms with Gasteiger partial charge < -0.3 is 27.5 Å². The third kappa shape index (κ3) is 8.75. The minimum atomic E-state index is -0.698. The molecule has 0 heterocycles. The first-order valence-electron chi connectivity index (χ1n) is 10.1. The Morgan fingerprint density at radius 1 is 0.806 bits per heavy atom. The lowest BCUT2D eigenvalue weighted by Crippen LogP contribution is -2.24. The number of ether oxygens (including phenoxy) is 3. The molecule has 0 aliphatic heterocycles. The van der Waals surface area contributed by atoms with Crippen molar-refractivity contribution in [2.75, 3.05) is 38.9 Å². The molecule has 0 fully saturated rings. The standard InChI is InChI=1S/C23H30ClIO6/c1-23(2,17-3-7-21(8-4-17)29-15-19(26)13-24)18-5-9-22(10-6-18)30-16-20(27)14-28-11-12-31-25/h3-10,19-20,26-27H,11-16H2,1-2H3/t19-,20-/m1/s1. The molecule has 2 atom stereocenters. The summed E-state index contributed by atoms with van der Waals surface area (Å²) in [7, 11) is 0. The number of hydrogen-bond donors (Lipinski definition) is 2. The molecule has 0 unspecified atom stereocenters. The summed E-state index contributed by atoms with van der Waals surface area (Å²) in [5.41, 5.74) is 2.05. The first-order valence-corrected chi connectivity index (χ1v) is 11.5. The molecule has 0 amide bonds. The van der Waals surface area contributed by atoms with Gasteiger partial charge in [-0.05, 0) is 35.4 Å². The van der Waals surface area contributed by atoms with Gasteiger partial charge in [0, 0.05) is 5.41 Å². The van der Waals surface area contributed by atoms with Gasteiger partial charge in [-0.2, -0.15) is 0 Å². The summed E-state index contributed by atoms with van der Waals surface area (Å²) in [4.78, 5) is 0. The molecule has 2 aromatic carbocycles. The molecule has 0 aliphatic rings. The third-order valence-electron chi connectivity index (χ3n) is 4.83. The highest BCUT2D eigenvalue weighted by Gasteiger charge is 2.23. The molecular formula is C23H30ClIO6. The van der Waals surface area contributed by atoms with Crippen molar-refractivity contribution >= 4 is 34.6 Å². The number of alkyl halides is 1. The lowest BCUT2D eigenvalue weighted by atomic mass is 9.78. The molecule has 31 heavy (non-hydrogen) atoms. The topological polar surface area (TPSA) is 77.4 Å².